The lowest BCUT2D eigenvalue weighted by Crippen LogP contribution is -2.48. The van der Waals surface area contributed by atoms with Crippen LogP contribution in [-0.2, 0) is 11.3 Å². The molecule has 2 unspecified atom stereocenters. The SMILES string of the molecule is COc1cc2c(cc1F)C1C(CCCN1C(=O)c1cc3c(cc1F)nc(N)c1cncn13)OC2. The number of aromatic nitrogens is 3. The molecule has 2 aliphatic heterocycles. The molecule has 4 heterocycles. The van der Waals surface area contributed by atoms with Crippen LogP contribution in [0.4, 0.5) is 14.6 Å². The molecular formula is C24H21F2N5O3. The lowest BCUT2D eigenvalue weighted by atomic mass is 9.86. The standard InChI is InChI=1S/C24H21F2N5O3/c1-33-21-5-12-10-34-20-3-2-4-30(22(20)13(12)6-16(21)26)24(32)14-7-18-17(8-15(14)25)29-23(27)19-9-28-11-31(18)19/h5-9,11,20,22H,2-4,10H2,1H3,(H2,27,29). The summed E-state index contributed by atoms with van der Waals surface area (Å²) >= 11 is 0. The first kappa shape index (κ1) is 20.8. The van der Waals surface area contributed by atoms with E-state index < -0.39 is 23.6 Å². The van der Waals surface area contributed by atoms with Crippen LogP contribution in [0.3, 0.4) is 0 Å². The van der Waals surface area contributed by atoms with E-state index in [9.17, 15) is 9.18 Å². The number of fused-ring (bicyclic) bond motifs is 6. The minimum absolute atomic E-state index is 0.101. The van der Waals surface area contributed by atoms with Gasteiger partial charge in [0.2, 0.25) is 0 Å². The number of imidazole rings is 1. The van der Waals surface area contributed by atoms with E-state index in [4.69, 9.17) is 15.2 Å². The first-order valence-electron chi connectivity index (χ1n) is 11.0. The molecule has 2 aromatic carbocycles. The van der Waals surface area contributed by atoms with Crippen LogP contribution in [0.5, 0.6) is 5.75 Å². The quantitative estimate of drug-likeness (QED) is 0.486. The van der Waals surface area contributed by atoms with Crippen molar-refractivity contribution >= 4 is 28.3 Å². The first-order chi connectivity index (χ1) is 16.5. The molecule has 10 heteroatoms. The second kappa shape index (κ2) is 7.63. The van der Waals surface area contributed by atoms with Gasteiger partial charge in [-0.1, -0.05) is 0 Å². The third-order valence-electron chi connectivity index (χ3n) is 6.72. The van der Waals surface area contributed by atoms with E-state index in [-0.39, 0.29) is 23.2 Å². The van der Waals surface area contributed by atoms with Gasteiger partial charge >= 0.3 is 0 Å². The summed E-state index contributed by atoms with van der Waals surface area (Å²) in [5.41, 5.74) is 8.66. The maximum Gasteiger partial charge on any atom is 0.257 e. The third kappa shape index (κ3) is 3.02. The van der Waals surface area contributed by atoms with Gasteiger partial charge < -0.3 is 20.1 Å². The summed E-state index contributed by atoms with van der Waals surface area (Å²) < 4.78 is 42.6. The monoisotopic (exact) mass is 465 g/mol. The molecular weight excluding hydrogens is 444 g/mol. The predicted octanol–water partition coefficient (Wildman–Crippen LogP) is 3.63. The number of nitrogens with zero attached hydrogens (tertiary/aromatic N) is 4. The summed E-state index contributed by atoms with van der Waals surface area (Å²) in [5.74, 6) is -1.37. The number of likely N-dealkylation sites (tertiary alicyclic amines) is 1. The van der Waals surface area contributed by atoms with Crippen molar-refractivity contribution in [2.24, 2.45) is 0 Å². The Balaban J connectivity index is 1.46. The summed E-state index contributed by atoms with van der Waals surface area (Å²) in [6, 6.07) is 5.14. The number of hydrogen-bond acceptors (Lipinski definition) is 6. The molecule has 1 amide bonds. The zero-order valence-electron chi connectivity index (χ0n) is 18.3. The van der Waals surface area contributed by atoms with Crippen LogP contribution in [0.25, 0.3) is 16.6 Å². The minimum Gasteiger partial charge on any atom is -0.494 e. The normalized spacial score (nSPS) is 19.8. The largest absolute Gasteiger partial charge is 0.494 e. The van der Waals surface area contributed by atoms with Gasteiger partial charge in [0.05, 0.1) is 55.0 Å². The van der Waals surface area contributed by atoms with Gasteiger partial charge in [-0.05, 0) is 42.2 Å². The molecule has 8 nitrogen and oxygen atoms in total. The van der Waals surface area contributed by atoms with Gasteiger partial charge in [0, 0.05) is 12.6 Å². The van der Waals surface area contributed by atoms with E-state index >= 15 is 4.39 Å². The van der Waals surface area contributed by atoms with Gasteiger partial charge in [0.1, 0.15) is 17.2 Å². The van der Waals surface area contributed by atoms with Gasteiger partial charge in [0.25, 0.3) is 5.91 Å². The summed E-state index contributed by atoms with van der Waals surface area (Å²) in [5, 5.41) is 0. The maximum atomic E-state index is 15.2. The molecule has 6 rings (SSSR count). The van der Waals surface area contributed by atoms with Crippen molar-refractivity contribution in [3.05, 3.63) is 65.1 Å². The van der Waals surface area contributed by atoms with Crippen molar-refractivity contribution in [1.82, 2.24) is 19.3 Å². The van der Waals surface area contributed by atoms with Crippen molar-refractivity contribution < 1.29 is 23.0 Å². The van der Waals surface area contributed by atoms with E-state index in [2.05, 4.69) is 9.97 Å². The van der Waals surface area contributed by atoms with Crippen LogP contribution in [0.2, 0.25) is 0 Å². The molecule has 34 heavy (non-hydrogen) atoms. The number of piperidine rings is 1. The van der Waals surface area contributed by atoms with E-state index in [1.165, 1.54) is 25.3 Å². The number of hydrogen-bond donors (Lipinski definition) is 1. The molecule has 2 aromatic heterocycles. The highest BCUT2D eigenvalue weighted by Gasteiger charge is 2.41. The number of methoxy groups -OCH3 is 1. The van der Waals surface area contributed by atoms with Crippen LogP contribution < -0.4 is 10.5 Å². The van der Waals surface area contributed by atoms with Crippen LogP contribution in [0.1, 0.15) is 40.4 Å². The number of anilines is 1. The first-order valence-corrected chi connectivity index (χ1v) is 11.0. The number of nitrogen functional groups attached to an aromatic ring is 1. The number of nitrogens with two attached hydrogens (primary N) is 1. The second-order valence-electron chi connectivity index (χ2n) is 8.59. The fourth-order valence-electron chi connectivity index (χ4n) is 5.11. The average molecular weight is 465 g/mol. The molecule has 2 aliphatic rings. The Morgan fingerprint density at radius 3 is 2.88 bits per heavy atom. The van der Waals surface area contributed by atoms with Crippen molar-refractivity contribution in [2.75, 3.05) is 19.4 Å². The van der Waals surface area contributed by atoms with Gasteiger partial charge in [-0.15, -0.1) is 0 Å². The zero-order valence-corrected chi connectivity index (χ0v) is 18.3. The summed E-state index contributed by atoms with van der Waals surface area (Å²) in [6.45, 7) is 0.694. The molecule has 2 atom stereocenters. The highest BCUT2D eigenvalue weighted by atomic mass is 19.1. The second-order valence-corrected chi connectivity index (χ2v) is 8.59. The Morgan fingerprint density at radius 1 is 1.21 bits per heavy atom. The van der Waals surface area contributed by atoms with Crippen LogP contribution >= 0.6 is 0 Å². The number of ether oxygens (including phenoxy) is 2. The van der Waals surface area contributed by atoms with Crippen molar-refractivity contribution in [2.45, 2.75) is 31.6 Å². The number of rotatable bonds is 2. The van der Waals surface area contributed by atoms with Crippen molar-refractivity contribution in [3.63, 3.8) is 0 Å². The van der Waals surface area contributed by atoms with E-state index in [0.29, 0.717) is 41.7 Å². The molecule has 1 fully saturated rings. The number of benzene rings is 2. The molecule has 0 spiro atoms. The highest BCUT2D eigenvalue weighted by molar-refractivity contribution is 5.99. The van der Waals surface area contributed by atoms with Gasteiger partial charge in [-0.3, -0.25) is 9.20 Å². The Labute approximate surface area is 192 Å². The topological polar surface area (TPSA) is 95.0 Å². The Morgan fingerprint density at radius 2 is 2.06 bits per heavy atom. The molecule has 4 aromatic rings. The van der Waals surface area contributed by atoms with Crippen LogP contribution in [-0.4, -0.2) is 44.9 Å². The van der Waals surface area contributed by atoms with Gasteiger partial charge in [0.15, 0.2) is 11.6 Å². The summed E-state index contributed by atoms with van der Waals surface area (Å²) in [6.07, 6.45) is 4.21. The van der Waals surface area contributed by atoms with Gasteiger partial charge in [-0.25, -0.2) is 18.7 Å². The van der Waals surface area contributed by atoms with E-state index in [1.807, 2.05) is 0 Å². The number of halogens is 2. The van der Waals surface area contributed by atoms with E-state index in [1.54, 1.807) is 27.9 Å². The third-order valence-corrected chi connectivity index (χ3v) is 6.72. The number of amides is 1. The zero-order chi connectivity index (χ0) is 23.6. The maximum absolute atomic E-state index is 15.2. The number of carbonyl (C=O) groups is 1. The van der Waals surface area contributed by atoms with Crippen LogP contribution in [0, 0.1) is 11.6 Å². The molecule has 174 valence electrons. The molecule has 0 radical (unpaired) electrons. The van der Waals surface area contributed by atoms with Crippen molar-refractivity contribution in [3.8, 4) is 5.75 Å². The molecule has 0 saturated carbocycles. The van der Waals surface area contributed by atoms with Gasteiger partial charge in [-0.2, -0.15) is 0 Å². The highest BCUT2D eigenvalue weighted by Crippen LogP contribution is 2.42. The molecule has 2 N–H and O–H groups in total. The number of carbonyl (C=O) groups excluding carboxylic acids is 1. The Hall–Kier alpha value is -3.79. The lowest BCUT2D eigenvalue weighted by Gasteiger charge is -2.44. The summed E-state index contributed by atoms with van der Waals surface area (Å²) in [7, 11) is 1.40. The lowest BCUT2D eigenvalue weighted by molar-refractivity contribution is -0.0573. The van der Waals surface area contributed by atoms with E-state index in [0.717, 1.165) is 12.0 Å². The molecule has 0 aliphatic carbocycles. The van der Waals surface area contributed by atoms with Crippen molar-refractivity contribution in [1.29, 1.82) is 0 Å². The smallest absolute Gasteiger partial charge is 0.257 e. The Kier molecular flexibility index (Phi) is 4.66. The average Bonchev–Trinajstić information content (AvgIpc) is 3.33. The fraction of sp³-hybridized carbons (Fsp3) is 0.292. The fourth-order valence-corrected chi connectivity index (χ4v) is 5.11. The predicted molar refractivity (Wildman–Crippen MR) is 119 cm³/mol. The molecule has 0 bridgehead atoms. The van der Waals surface area contributed by atoms with Crippen LogP contribution in [0.15, 0.2) is 36.8 Å². The summed E-state index contributed by atoms with van der Waals surface area (Å²) in [4.78, 5) is 23.6. The molecule has 1 saturated heterocycles. The Bertz CT molecular complexity index is 1470. The minimum atomic E-state index is -0.705.